The lowest BCUT2D eigenvalue weighted by Crippen LogP contribution is -2.32. The van der Waals surface area contributed by atoms with E-state index in [4.69, 9.17) is 5.11 Å². The molecule has 3 nitrogen and oxygen atoms in total. The molecule has 0 saturated carbocycles. The Morgan fingerprint density at radius 2 is 2.50 bits per heavy atom. The van der Waals surface area contributed by atoms with E-state index in [-0.39, 0.29) is 6.04 Å². The first kappa shape index (κ1) is 7.28. The van der Waals surface area contributed by atoms with Gasteiger partial charge in [-0.3, -0.25) is 9.69 Å². The highest BCUT2D eigenvalue weighted by Gasteiger charge is 2.29. The van der Waals surface area contributed by atoms with E-state index >= 15 is 0 Å². The van der Waals surface area contributed by atoms with Gasteiger partial charge in [0.15, 0.2) is 0 Å². The summed E-state index contributed by atoms with van der Waals surface area (Å²) < 4.78 is 0. The Balaban J connectivity index is 2.63. The zero-order valence-corrected chi connectivity index (χ0v) is 6.00. The first-order chi connectivity index (χ1) is 4.61. The summed E-state index contributed by atoms with van der Waals surface area (Å²) in [5, 5.41) is 8.62. The highest BCUT2D eigenvalue weighted by Crippen LogP contribution is 2.18. The largest absolute Gasteiger partial charge is 0.480 e. The van der Waals surface area contributed by atoms with Crippen molar-refractivity contribution in [3.05, 3.63) is 12.2 Å². The molecule has 3 heteroatoms. The number of carboxylic acid groups (broad SMARTS) is 1. The van der Waals surface area contributed by atoms with Crippen molar-refractivity contribution in [2.45, 2.75) is 12.5 Å². The molecule has 0 radical (unpaired) electrons. The van der Waals surface area contributed by atoms with Crippen LogP contribution in [-0.4, -0.2) is 35.6 Å². The van der Waals surface area contributed by atoms with Crippen LogP contribution in [0.4, 0.5) is 0 Å². The van der Waals surface area contributed by atoms with Gasteiger partial charge in [-0.25, -0.2) is 0 Å². The summed E-state index contributed by atoms with van der Waals surface area (Å²) in [6.07, 6.45) is 0.603. The molecule has 1 N–H and O–H groups in total. The fourth-order valence-electron chi connectivity index (χ4n) is 1.23. The van der Waals surface area contributed by atoms with E-state index < -0.39 is 5.97 Å². The number of carbonyl (C=O) groups is 1. The van der Waals surface area contributed by atoms with Gasteiger partial charge in [-0.1, -0.05) is 12.2 Å². The number of likely N-dealkylation sites (tertiary alicyclic amines) is 1. The summed E-state index contributed by atoms with van der Waals surface area (Å²) >= 11 is 0. The van der Waals surface area contributed by atoms with E-state index in [1.54, 1.807) is 11.9 Å². The molecule has 1 rings (SSSR count). The maximum Gasteiger partial charge on any atom is 0.321 e. The van der Waals surface area contributed by atoms with E-state index in [1.165, 1.54) is 0 Å². The average Bonchev–Trinajstić information content (AvgIpc) is 2.10. The molecule has 0 aromatic carbocycles. The molecule has 1 aliphatic heterocycles. The van der Waals surface area contributed by atoms with Gasteiger partial charge in [0.2, 0.25) is 0 Å². The van der Waals surface area contributed by atoms with E-state index in [9.17, 15) is 4.79 Å². The van der Waals surface area contributed by atoms with Crippen molar-refractivity contribution in [2.24, 2.45) is 0 Å². The Bertz CT molecular complexity index is 176. The molecule has 1 heterocycles. The van der Waals surface area contributed by atoms with Crippen LogP contribution in [0.25, 0.3) is 0 Å². The van der Waals surface area contributed by atoms with Gasteiger partial charge in [-0.05, 0) is 13.5 Å². The molecular formula is C7H11NO2. The third-order valence-corrected chi connectivity index (χ3v) is 1.77. The minimum Gasteiger partial charge on any atom is -0.480 e. The summed E-state index contributed by atoms with van der Waals surface area (Å²) in [7, 11) is 1.80. The van der Waals surface area contributed by atoms with Gasteiger partial charge >= 0.3 is 5.97 Å². The van der Waals surface area contributed by atoms with Crippen LogP contribution in [0.2, 0.25) is 0 Å². The SMILES string of the molecule is C=C1C[C@@H](C(=O)O)N(C)C1. The van der Waals surface area contributed by atoms with Crippen molar-refractivity contribution < 1.29 is 9.90 Å². The molecule has 1 aliphatic rings. The number of aliphatic carboxylic acids is 1. The topological polar surface area (TPSA) is 40.5 Å². The van der Waals surface area contributed by atoms with Crippen molar-refractivity contribution in [3.63, 3.8) is 0 Å². The molecular weight excluding hydrogens is 130 g/mol. The van der Waals surface area contributed by atoms with E-state index in [0.717, 1.165) is 12.1 Å². The van der Waals surface area contributed by atoms with Crippen molar-refractivity contribution in [1.29, 1.82) is 0 Å². The quantitative estimate of drug-likeness (QED) is 0.535. The summed E-state index contributed by atoms with van der Waals surface area (Å²) in [5.74, 6) is -0.749. The number of nitrogens with zero attached hydrogens (tertiary/aromatic N) is 1. The van der Waals surface area contributed by atoms with E-state index in [1.807, 2.05) is 0 Å². The molecule has 0 amide bonds. The number of hydrogen-bond acceptors (Lipinski definition) is 2. The maximum absolute atomic E-state index is 10.5. The third kappa shape index (κ3) is 1.19. The normalized spacial score (nSPS) is 27.3. The van der Waals surface area contributed by atoms with Crippen LogP contribution < -0.4 is 0 Å². The standard InChI is InChI=1S/C7H11NO2/c1-5-3-6(7(9)10)8(2)4-5/h6H,1,3-4H2,2H3,(H,9,10)/t6-/m0/s1. The second-order valence-electron chi connectivity index (χ2n) is 2.72. The molecule has 1 saturated heterocycles. The van der Waals surface area contributed by atoms with Crippen LogP contribution in [0.15, 0.2) is 12.2 Å². The summed E-state index contributed by atoms with van der Waals surface area (Å²) in [6, 6.07) is -0.340. The van der Waals surface area contributed by atoms with Crippen LogP contribution in [0, 0.1) is 0 Å². The molecule has 0 unspecified atom stereocenters. The number of carboxylic acids is 1. The van der Waals surface area contributed by atoms with Crippen molar-refractivity contribution >= 4 is 5.97 Å². The van der Waals surface area contributed by atoms with E-state index in [2.05, 4.69) is 6.58 Å². The van der Waals surface area contributed by atoms with Gasteiger partial charge in [0, 0.05) is 6.54 Å². The lowest BCUT2D eigenvalue weighted by atomic mass is 10.2. The molecule has 0 spiro atoms. The first-order valence-corrected chi connectivity index (χ1v) is 3.21. The second kappa shape index (κ2) is 2.42. The van der Waals surface area contributed by atoms with Gasteiger partial charge in [0.1, 0.15) is 6.04 Å². The molecule has 56 valence electrons. The molecule has 0 aliphatic carbocycles. The van der Waals surface area contributed by atoms with Crippen LogP contribution in [0.3, 0.4) is 0 Å². The predicted molar refractivity (Wildman–Crippen MR) is 37.8 cm³/mol. The fraction of sp³-hybridized carbons (Fsp3) is 0.571. The Labute approximate surface area is 59.9 Å². The lowest BCUT2D eigenvalue weighted by Gasteiger charge is -2.12. The monoisotopic (exact) mass is 141 g/mol. The van der Waals surface area contributed by atoms with E-state index in [0.29, 0.717) is 6.42 Å². The van der Waals surface area contributed by atoms with Crippen LogP contribution >= 0.6 is 0 Å². The Hall–Kier alpha value is -0.830. The molecule has 0 aromatic rings. The van der Waals surface area contributed by atoms with Crippen molar-refractivity contribution in [3.8, 4) is 0 Å². The van der Waals surface area contributed by atoms with Crippen molar-refractivity contribution in [1.82, 2.24) is 4.90 Å². The third-order valence-electron chi connectivity index (χ3n) is 1.77. The van der Waals surface area contributed by atoms with Crippen LogP contribution in [-0.2, 0) is 4.79 Å². The molecule has 0 bridgehead atoms. The molecule has 1 fully saturated rings. The average molecular weight is 141 g/mol. The van der Waals surface area contributed by atoms with Gasteiger partial charge in [-0.2, -0.15) is 0 Å². The minimum absolute atomic E-state index is 0.340. The second-order valence-corrected chi connectivity index (χ2v) is 2.72. The summed E-state index contributed by atoms with van der Waals surface area (Å²) in [5.41, 5.74) is 1.01. The Kier molecular flexibility index (Phi) is 1.76. The summed E-state index contributed by atoms with van der Waals surface area (Å²) in [6.45, 7) is 4.45. The fourth-order valence-corrected chi connectivity index (χ4v) is 1.23. The zero-order chi connectivity index (χ0) is 7.72. The number of rotatable bonds is 1. The Morgan fingerprint density at radius 3 is 2.70 bits per heavy atom. The van der Waals surface area contributed by atoms with Crippen LogP contribution in [0.5, 0.6) is 0 Å². The van der Waals surface area contributed by atoms with Gasteiger partial charge in [-0.15, -0.1) is 0 Å². The van der Waals surface area contributed by atoms with Gasteiger partial charge in [0.05, 0.1) is 0 Å². The first-order valence-electron chi connectivity index (χ1n) is 3.21. The highest BCUT2D eigenvalue weighted by molar-refractivity contribution is 5.74. The predicted octanol–water partition coefficient (Wildman–Crippen LogP) is 0.331. The lowest BCUT2D eigenvalue weighted by molar-refractivity contribution is -0.141. The molecule has 10 heavy (non-hydrogen) atoms. The molecule has 0 aromatic heterocycles. The number of likely N-dealkylation sites (N-methyl/N-ethyl adjacent to an activating group) is 1. The summed E-state index contributed by atoms with van der Waals surface area (Å²) in [4.78, 5) is 12.3. The zero-order valence-electron chi connectivity index (χ0n) is 6.00. The van der Waals surface area contributed by atoms with Crippen molar-refractivity contribution in [2.75, 3.05) is 13.6 Å². The number of hydrogen-bond donors (Lipinski definition) is 1. The smallest absolute Gasteiger partial charge is 0.321 e. The highest BCUT2D eigenvalue weighted by atomic mass is 16.4. The van der Waals surface area contributed by atoms with Gasteiger partial charge < -0.3 is 5.11 Å². The Morgan fingerprint density at radius 1 is 1.90 bits per heavy atom. The van der Waals surface area contributed by atoms with Crippen LogP contribution in [0.1, 0.15) is 6.42 Å². The minimum atomic E-state index is -0.749. The van der Waals surface area contributed by atoms with Gasteiger partial charge in [0.25, 0.3) is 0 Å². The maximum atomic E-state index is 10.5. The molecule has 1 atom stereocenters.